The first-order valence-corrected chi connectivity index (χ1v) is 6.24. The summed E-state index contributed by atoms with van der Waals surface area (Å²) in [5, 5.41) is 0. The Morgan fingerprint density at radius 2 is 2.12 bits per heavy atom. The number of hydrogen-bond donors (Lipinski definition) is 0. The van der Waals surface area contributed by atoms with Crippen molar-refractivity contribution in [1.82, 2.24) is 4.31 Å². The van der Waals surface area contributed by atoms with Gasteiger partial charge in [0.1, 0.15) is 6.54 Å². The molecule has 0 spiro atoms. The topological polar surface area (TPSA) is 3.24 Å². The molecule has 0 radical (unpaired) electrons. The van der Waals surface area contributed by atoms with E-state index in [2.05, 4.69) is 15.9 Å². The molecule has 6 heteroatoms. The highest BCUT2D eigenvalue weighted by atomic mass is 79.9. The van der Waals surface area contributed by atoms with E-state index in [1.165, 1.54) is 16.3 Å². The van der Waals surface area contributed by atoms with Gasteiger partial charge in [-0.1, -0.05) is 15.9 Å². The summed E-state index contributed by atoms with van der Waals surface area (Å²) in [4.78, 5) is 0.903. The zero-order chi connectivity index (χ0) is 11.9. The Morgan fingerprint density at radius 1 is 1.44 bits per heavy atom. The molecule has 1 aliphatic heterocycles. The molecule has 2 rings (SSSR count). The molecule has 1 heterocycles. The quantitative estimate of drug-likeness (QED) is 0.707. The molecule has 1 aromatic rings. The number of alkyl halides is 3. The Hall–Kier alpha value is -0.200. The van der Waals surface area contributed by atoms with Crippen molar-refractivity contribution in [1.29, 1.82) is 0 Å². The van der Waals surface area contributed by atoms with Crippen LogP contribution in [0.1, 0.15) is 18.5 Å². The molecule has 1 aliphatic rings. The van der Waals surface area contributed by atoms with Gasteiger partial charge in [0, 0.05) is 15.4 Å². The highest BCUT2D eigenvalue weighted by Gasteiger charge is 2.37. The maximum absolute atomic E-state index is 12.3. The van der Waals surface area contributed by atoms with E-state index in [0.717, 1.165) is 14.9 Å². The van der Waals surface area contributed by atoms with Gasteiger partial charge in [0.2, 0.25) is 0 Å². The van der Waals surface area contributed by atoms with Gasteiger partial charge in [0.25, 0.3) is 0 Å². The summed E-state index contributed by atoms with van der Waals surface area (Å²) >= 11 is 4.50. The summed E-state index contributed by atoms with van der Waals surface area (Å²) in [6, 6.07) is 5.36. The van der Waals surface area contributed by atoms with Crippen molar-refractivity contribution >= 4 is 27.9 Å². The standard InChI is InChI=1S/C10H9BrF3NS/c1-6-8-4-7(11)2-3-9(8)16-15(6)5-10(12,13)14/h2-4,6H,5H2,1H3. The molecule has 1 nitrogen and oxygen atoms in total. The molecule has 0 aromatic heterocycles. The van der Waals surface area contributed by atoms with Crippen molar-refractivity contribution in [3.63, 3.8) is 0 Å². The van der Waals surface area contributed by atoms with Crippen molar-refractivity contribution in [2.24, 2.45) is 0 Å². The lowest BCUT2D eigenvalue weighted by molar-refractivity contribution is -0.137. The molecule has 0 saturated heterocycles. The minimum atomic E-state index is -4.15. The Morgan fingerprint density at radius 3 is 2.75 bits per heavy atom. The third-order valence-electron chi connectivity index (χ3n) is 2.40. The molecular weight excluding hydrogens is 303 g/mol. The summed E-state index contributed by atoms with van der Waals surface area (Å²) in [5.41, 5.74) is 0.948. The van der Waals surface area contributed by atoms with Gasteiger partial charge in [0.15, 0.2) is 0 Å². The van der Waals surface area contributed by atoms with Gasteiger partial charge in [0.05, 0.1) is 0 Å². The molecule has 0 aliphatic carbocycles. The van der Waals surface area contributed by atoms with Crippen LogP contribution in [-0.4, -0.2) is 17.0 Å². The van der Waals surface area contributed by atoms with E-state index in [1.54, 1.807) is 6.92 Å². The lowest BCUT2D eigenvalue weighted by Gasteiger charge is -2.21. The van der Waals surface area contributed by atoms with E-state index in [4.69, 9.17) is 0 Å². The Kier molecular flexibility index (Phi) is 3.25. The zero-order valence-corrected chi connectivity index (χ0v) is 10.8. The highest BCUT2D eigenvalue weighted by molar-refractivity contribution is 9.10. The Labute approximate surface area is 104 Å². The molecule has 0 saturated carbocycles. The van der Waals surface area contributed by atoms with E-state index in [0.29, 0.717) is 0 Å². The third-order valence-corrected chi connectivity index (χ3v) is 4.15. The number of halogens is 4. The van der Waals surface area contributed by atoms with Crippen molar-refractivity contribution in [3.05, 3.63) is 28.2 Å². The molecule has 0 bridgehead atoms. The molecule has 16 heavy (non-hydrogen) atoms. The van der Waals surface area contributed by atoms with Crippen molar-refractivity contribution in [3.8, 4) is 0 Å². The number of fused-ring (bicyclic) bond motifs is 1. The SMILES string of the molecule is CC1c2cc(Br)ccc2SN1CC(F)(F)F. The Bertz CT molecular complexity index is 408. The molecule has 1 unspecified atom stereocenters. The van der Waals surface area contributed by atoms with E-state index in [-0.39, 0.29) is 6.04 Å². The van der Waals surface area contributed by atoms with Gasteiger partial charge < -0.3 is 0 Å². The zero-order valence-electron chi connectivity index (χ0n) is 8.38. The summed E-state index contributed by atoms with van der Waals surface area (Å²) in [5.74, 6) is 0. The number of benzene rings is 1. The second-order valence-corrected chi connectivity index (χ2v) is 5.65. The fraction of sp³-hybridized carbons (Fsp3) is 0.400. The van der Waals surface area contributed by atoms with Gasteiger partial charge >= 0.3 is 6.18 Å². The lowest BCUT2D eigenvalue weighted by Crippen LogP contribution is -2.28. The monoisotopic (exact) mass is 311 g/mol. The van der Waals surface area contributed by atoms with Crippen LogP contribution in [0.4, 0.5) is 13.2 Å². The predicted octanol–water partition coefficient (Wildman–Crippen LogP) is 4.40. The van der Waals surface area contributed by atoms with Crippen LogP contribution in [0.15, 0.2) is 27.6 Å². The predicted molar refractivity (Wildman–Crippen MR) is 61.2 cm³/mol. The summed E-state index contributed by atoms with van der Waals surface area (Å²) < 4.78 is 39.2. The van der Waals surface area contributed by atoms with Crippen LogP contribution in [0.25, 0.3) is 0 Å². The van der Waals surface area contributed by atoms with Crippen molar-refractivity contribution in [2.75, 3.05) is 6.54 Å². The van der Waals surface area contributed by atoms with E-state index >= 15 is 0 Å². The lowest BCUT2D eigenvalue weighted by atomic mass is 10.1. The summed E-state index contributed by atoms with van der Waals surface area (Å²) in [6.45, 7) is 0.905. The average Bonchev–Trinajstić information content (AvgIpc) is 2.42. The van der Waals surface area contributed by atoms with E-state index in [1.807, 2.05) is 18.2 Å². The van der Waals surface area contributed by atoms with Gasteiger partial charge in [-0.05, 0) is 42.6 Å². The largest absolute Gasteiger partial charge is 0.402 e. The highest BCUT2D eigenvalue weighted by Crippen LogP contribution is 2.45. The van der Waals surface area contributed by atoms with Crippen LogP contribution in [0, 0.1) is 0 Å². The van der Waals surface area contributed by atoms with Crippen LogP contribution in [0.3, 0.4) is 0 Å². The molecule has 1 aromatic carbocycles. The maximum Gasteiger partial charge on any atom is 0.402 e. The van der Waals surface area contributed by atoms with Gasteiger partial charge in [-0.25, -0.2) is 4.31 Å². The maximum atomic E-state index is 12.3. The molecule has 0 amide bonds. The average molecular weight is 312 g/mol. The van der Waals surface area contributed by atoms with Crippen LogP contribution in [0.2, 0.25) is 0 Å². The van der Waals surface area contributed by atoms with Crippen LogP contribution >= 0.6 is 27.9 Å². The first-order chi connectivity index (χ1) is 7.37. The van der Waals surface area contributed by atoms with E-state index in [9.17, 15) is 13.2 Å². The number of hydrogen-bond acceptors (Lipinski definition) is 2. The third kappa shape index (κ3) is 2.55. The molecular formula is C10H9BrF3NS. The minimum Gasteiger partial charge on any atom is -0.230 e. The van der Waals surface area contributed by atoms with Crippen LogP contribution in [0.5, 0.6) is 0 Å². The second kappa shape index (κ2) is 4.23. The molecule has 0 N–H and O–H groups in total. The minimum absolute atomic E-state index is 0.209. The van der Waals surface area contributed by atoms with Gasteiger partial charge in [-0.3, -0.25) is 0 Å². The second-order valence-electron chi connectivity index (χ2n) is 3.64. The number of nitrogens with zero attached hydrogens (tertiary/aromatic N) is 1. The fourth-order valence-electron chi connectivity index (χ4n) is 1.64. The number of rotatable bonds is 1. The van der Waals surface area contributed by atoms with Gasteiger partial charge in [-0.2, -0.15) is 13.2 Å². The van der Waals surface area contributed by atoms with Crippen molar-refractivity contribution < 1.29 is 13.2 Å². The summed E-state index contributed by atoms with van der Waals surface area (Å²) in [6.07, 6.45) is -4.15. The van der Waals surface area contributed by atoms with Crippen LogP contribution < -0.4 is 0 Å². The molecule has 88 valence electrons. The first-order valence-electron chi connectivity index (χ1n) is 4.67. The summed E-state index contributed by atoms with van der Waals surface area (Å²) in [7, 11) is 0. The molecule has 0 fully saturated rings. The normalized spacial score (nSPS) is 21.2. The molecule has 1 atom stereocenters. The van der Waals surface area contributed by atoms with Crippen molar-refractivity contribution in [2.45, 2.75) is 24.0 Å². The van der Waals surface area contributed by atoms with Gasteiger partial charge in [-0.15, -0.1) is 0 Å². The fourth-order valence-corrected chi connectivity index (χ4v) is 3.21. The van der Waals surface area contributed by atoms with Crippen LogP contribution in [-0.2, 0) is 0 Å². The van der Waals surface area contributed by atoms with E-state index < -0.39 is 12.7 Å². The Balaban J connectivity index is 2.21. The smallest absolute Gasteiger partial charge is 0.230 e. The first kappa shape index (κ1) is 12.3.